The summed E-state index contributed by atoms with van der Waals surface area (Å²) in [5.74, 6) is 0.376. The molecule has 1 aliphatic rings. The van der Waals surface area contributed by atoms with Crippen molar-refractivity contribution in [3.8, 4) is 0 Å². The molecule has 1 N–H and O–H groups in total. The number of nitrogens with one attached hydrogen (secondary N) is 1. The third kappa shape index (κ3) is 2.24. The fourth-order valence-corrected chi connectivity index (χ4v) is 3.39. The number of pyridine rings is 1. The predicted octanol–water partition coefficient (Wildman–Crippen LogP) is 4.15. The molecule has 2 aromatic carbocycles. The van der Waals surface area contributed by atoms with Crippen LogP contribution in [0.4, 0.5) is 0 Å². The summed E-state index contributed by atoms with van der Waals surface area (Å²) in [5, 5.41) is 1.06. The van der Waals surface area contributed by atoms with Crippen LogP contribution in [-0.2, 0) is 4.74 Å². The van der Waals surface area contributed by atoms with Gasteiger partial charge in [0, 0.05) is 17.1 Å². The largest absolute Gasteiger partial charge is 0.486 e. The van der Waals surface area contributed by atoms with Crippen LogP contribution in [0.1, 0.15) is 29.7 Å². The van der Waals surface area contributed by atoms with Crippen molar-refractivity contribution in [1.29, 1.82) is 0 Å². The molecule has 0 spiro atoms. The summed E-state index contributed by atoms with van der Waals surface area (Å²) in [6, 6.07) is 13.9. The van der Waals surface area contributed by atoms with Gasteiger partial charge in [0.05, 0.1) is 16.8 Å². The number of allylic oxidation sites excluding steroid dienone is 1. The van der Waals surface area contributed by atoms with Crippen molar-refractivity contribution in [1.82, 2.24) is 9.97 Å². The molecular weight excluding hydrogens is 316 g/mol. The van der Waals surface area contributed by atoms with Gasteiger partial charge in [0.15, 0.2) is 5.58 Å². The number of fused-ring (bicyclic) bond motifs is 3. The molecule has 25 heavy (non-hydrogen) atoms. The third-order valence-electron chi connectivity index (χ3n) is 4.50. The highest BCUT2D eigenvalue weighted by Crippen LogP contribution is 2.38. The smallest absolute Gasteiger partial charge is 0.417 e. The summed E-state index contributed by atoms with van der Waals surface area (Å²) >= 11 is 0. The van der Waals surface area contributed by atoms with Crippen LogP contribution in [-0.4, -0.2) is 9.97 Å². The van der Waals surface area contributed by atoms with Gasteiger partial charge in [-0.2, -0.15) is 0 Å². The zero-order chi connectivity index (χ0) is 17.0. The molecule has 1 atom stereocenters. The number of oxazole rings is 1. The van der Waals surface area contributed by atoms with Crippen LogP contribution in [0, 0.1) is 0 Å². The molecule has 0 radical (unpaired) electrons. The summed E-state index contributed by atoms with van der Waals surface area (Å²) in [4.78, 5) is 18.6. The lowest BCUT2D eigenvalue weighted by Crippen LogP contribution is -2.11. The van der Waals surface area contributed by atoms with Crippen molar-refractivity contribution >= 4 is 28.1 Å². The van der Waals surface area contributed by atoms with E-state index in [2.05, 4.69) is 16.0 Å². The van der Waals surface area contributed by atoms with Gasteiger partial charge >= 0.3 is 5.76 Å². The molecule has 2 aromatic heterocycles. The second-order valence-electron chi connectivity index (χ2n) is 6.20. The lowest BCUT2D eigenvalue weighted by Gasteiger charge is -2.26. The first-order valence-corrected chi connectivity index (χ1v) is 8.04. The van der Waals surface area contributed by atoms with Gasteiger partial charge < -0.3 is 9.15 Å². The Morgan fingerprint density at radius 1 is 1.16 bits per heavy atom. The summed E-state index contributed by atoms with van der Waals surface area (Å²) in [6.07, 6.45) is 3.50. The van der Waals surface area contributed by atoms with E-state index in [1.54, 1.807) is 6.20 Å². The molecule has 5 rings (SSSR count). The molecule has 0 saturated heterocycles. The van der Waals surface area contributed by atoms with Gasteiger partial charge in [0.2, 0.25) is 0 Å². The molecule has 1 aliphatic heterocycles. The Bertz CT molecular complexity index is 1220. The molecule has 0 bridgehead atoms. The predicted molar refractivity (Wildman–Crippen MR) is 95.2 cm³/mol. The van der Waals surface area contributed by atoms with Gasteiger partial charge in [-0.25, -0.2) is 4.79 Å². The van der Waals surface area contributed by atoms with E-state index < -0.39 is 5.76 Å². The van der Waals surface area contributed by atoms with Gasteiger partial charge in [-0.15, -0.1) is 0 Å². The summed E-state index contributed by atoms with van der Waals surface area (Å²) < 4.78 is 11.3. The minimum Gasteiger partial charge on any atom is -0.486 e. The molecule has 3 heterocycles. The van der Waals surface area contributed by atoms with E-state index in [9.17, 15) is 4.79 Å². The lowest BCUT2D eigenvalue weighted by molar-refractivity contribution is 0.150. The molecule has 5 heteroatoms. The maximum atomic E-state index is 11.5. The molecule has 1 unspecified atom stereocenters. The van der Waals surface area contributed by atoms with E-state index in [0.717, 1.165) is 33.4 Å². The number of ether oxygens (including phenoxy) is 1. The number of benzene rings is 2. The van der Waals surface area contributed by atoms with Crippen LogP contribution in [0.15, 0.2) is 63.6 Å². The Morgan fingerprint density at radius 3 is 3.00 bits per heavy atom. The molecule has 122 valence electrons. The third-order valence-corrected chi connectivity index (χ3v) is 4.50. The van der Waals surface area contributed by atoms with Crippen LogP contribution in [0.25, 0.3) is 28.1 Å². The Morgan fingerprint density at radius 2 is 2.08 bits per heavy atom. The Balaban J connectivity index is 1.72. The van der Waals surface area contributed by atoms with Crippen molar-refractivity contribution in [2.24, 2.45) is 0 Å². The fourth-order valence-electron chi connectivity index (χ4n) is 3.39. The minimum atomic E-state index is -0.452. The van der Waals surface area contributed by atoms with Gasteiger partial charge in [0.25, 0.3) is 0 Å². The zero-order valence-corrected chi connectivity index (χ0v) is 13.4. The van der Waals surface area contributed by atoms with Crippen LogP contribution >= 0.6 is 0 Å². The van der Waals surface area contributed by atoms with E-state index in [1.807, 2.05) is 49.4 Å². The van der Waals surface area contributed by atoms with Crippen molar-refractivity contribution in [2.75, 3.05) is 0 Å². The molecule has 0 amide bonds. The Kier molecular flexibility index (Phi) is 2.85. The summed E-state index contributed by atoms with van der Waals surface area (Å²) in [5.41, 5.74) is 5.20. The maximum Gasteiger partial charge on any atom is 0.417 e. The number of aromatic nitrogens is 2. The van der Waals surface area contributed by atoms with Gasteiger partial charge in [-0.3, -0.25) is 9.97 Å². The first-order valence-electron chi connectivity index (χ1n) is 8.04. The monoisotopic (exact) mass is 330 g/mol. The lowest BCUT2D eigenvalue weighted by atomic mass is 9.93. The quantitative estimate of drug-likeness (QED) is 0.569. The topological polar surface area (TPSA) is 68.1 Å². The first-order chi connectivity index (χ1) is 12.2. The standard InChI is InChI=1S/C20H14N2O3/c1-11-7-14-9-17-18(25-20(23)22-17)10-15(14)19(24-11)13-4-5-16-12(8-13)3-2-6-21-16/h2-10,19H,1H3,(H,22,23). The number of H-pyrrole nitrogens is 1. The highest BCUT2D eigenvalue weighted by atomic mass is 16.5. The number of nitrogens with zero attached hydrogens (tertiary/aromatic N) is 1. The normalized spacial score (nSPS) is 16.5. The van der Waals surface area contributed by atoms with E-state index in [0.29, 0.717) is 11.1 Å². The van der Waals surface area contributed by atoms with E-state index >= 15 is 0 Å². The number of aromatic amines is 1. The van der Waals surface area contributed by atoms with E-state index in [-0.39, 0.29) is 6.10 Å². The van der Waals surface area contributed by atoms with Crippen molar-refractivity contribution in [2.45, 2.75) is 13.0 Å². The highest BCUT2D eigenvalue weighted by Gasteiger charge is 2.24. The van der Waals surface area contributed by atoms with Gasteiger partial charge in [-0.05, 0) is 54.5 Å². The molecule has 0 aliphatic carbocycles. The fraction of sp³-hybridized carbons (Fsp3) is 0.100. The van der Waals surface area contributed by atoms with Crippen LogP contribution in [0.3, 0.4) is 0 Å². The second-order valence-corrected chi connectivity index (χ2v) is 6.20. The number of rotatable bonds is 1. The SMILES string of the molecule is CC1=Cc2cc3[nH]c(=O)oc3cc2C(c2ccc3ncccc3c2)O1. The van der Waals surface area contributed by atoms with E-state index in [1.165, 1.54) is 0 Å². The molecule has 4 aromatic rings. The Labute approximate surface area is 142 Å². The summed E-state index contributed by atoms with van der Waals surface area (Å²) in [7, 11) is 0. The van der Waals surface area contributed by atoms with Crippen LogP contribution < -0.4 is 5.76 Å². The van der Waals surface area contributed by atoms with Crippen molar-refractivity contribution in [3.05, 3.63) is 81.7 Å². The van der Waals surface area contributed by atoms with E-state index in [4.69, 9.17) is 9.15 Å². The molecule has 5 nitrogen and oxygen atoms in total. The maximum absolute atomic E-state index is 11.5. The first kappa shape index (κ1) is 14.0. The molecular formula is C20H14N2O3. The number of hydrogen-bond donors (Lipinski definition) is 1. The van der Waals surface area contributed by atoms with Crippen molar-refractivity contribution < 1.29 is 9.15 Å². The molecule has 0 fully saturated rings. The zero-order valence-electron chi connectivity index (χ0n) is 13.4. The molecule has 0 saturated carbocycles. The number of hydrogen-bond acceptors (Lipinski definition) is 4. The second kappa shape index (κ2) is 5.08. The van der Waals surface area contributed by atoms with Crippen LogP contribution in [0.5, 0.6) is 0 Å². The highest BCUT2D eigenvalue weighted by molar-refractivity contribution is 5.81. The average molecular weight is 330 g/mol. The van der Waals surface area contributed by atoms with Crippen LogP contribution in [0.2, 0.25) is 0 Å². The van der Waals surface area contributed by atoms with Crippen molar-refractivity contribution in [3.63, 3.8) is 0 Å². The average Bonchev–Trinajstić information content (AvgIpc) is 2.97. The minimum absolute atomic E-state index is 0.255. The Hall–Kier alpha value is -3.34. The van der Waals surface area contributed by atoms with Gasteiger partial charge in [-0.1, -0.05) is 12.1 Å². The van der Waals surface area contributed by atoms with Gasteiger partial charge in [0.1, 0.15) is 6.10 Å². The summed E-state index contributed by atoms with van der Waals surface area (Å²) in [6.45, 7) is 1.93.